The molecule has 0 unspecified atom stereocenters. The molecule has 1 heterocycles. The first-order valence-electron chi connectivity index (χ1n) is 7.79. The molecule has 3 nitrogen and oxygen atoms in total. The molecule has 0 atom stereocenters. The van der Waals surface area contributed by atoms with Crippen LogP contribution in [0.4, 0.5) is 5.69 Å². The van der Waals surface area contributed by atoms with Gasteiger partial charge in [0.25, 0.3) is 0 Å². The molecular formula is C19H21NO2. The number of morpholine rings is 1. The van der Waals surface area contributed by atoms with Gasteiger partial charge in [-0.05, 0) is 17.2 Å². The minimum atomic E-state index is 0.256. The number of rotatable bonds is 5. The van der Waals surface area contributed by atoms with Gasteiger partial charge in [-0.3, -0.25) is 4.79 Å². The largest absolute Gasteiger partial charge is 0.378 e. The Kier molecular flexibility index (Phi) is 4.86. The standard InChI is InChI=1S/C19H21NO2/c21-18(14-16-6-2-1-3-7-16)15-17-8-4-5-9-19(17)20-10-12-22-13-11-20/h1-9H,10-15H2. The van der Waals surface area contributed by atoms with Crippen molar-refractivity contribution in [2.45, 2.75) is 12.8 Å². The zero-order valence-corrected chi connectivity index (χ0v) is 12.7. The minimum absolute atomic E-state index is 0.256. The normalized spacial score (nSPS) is 14.8. The SMILES string of the molecule is O=C(Cc1ccccc1)Cc1ccccc1N1CCOCC1. The van der Waals surface area contributed by atoms with Crippen LogP contribution in [0.5, 0.6) is 0 Å². The number of hydrogen-bond donors (Lipinski definition) is 0. The molecule has 0 spiro atoms. The van der Waals surface area contributed by atoms with Crippen LogP contribution < -0.4 is 4.90 Å². The molecule has 2 aromatic carbocycles. The van der Waals surface area contributed by atoms with Crippen LogP contribution in [0.15, 0.2) is 54.6 Å². The highest BCUT2D eigenvalue weighted by molar-refractivity contribution is 5.84. The van der Waals surface area contributed by atoms with E-state index in [1.54, 1.807) is 0 Å². The third kappa shape index (κ3) is 3.74. The fourth-order valence-corrected chi connectivity index (χ4v) is 2.87. The second-order valence-corrected chi connectivity index (χ2v) is 5.61. The summed E-state index contributed by atoms with van der Waals surface area (Å²) in [5, 5.41) is 0. The average molecular weight is 295 g/mol. The molecule has 22 heavy (non-hydrogen) atoms. The number of benzene rings is 2. The molecule has 0 aliphatic carbocycles. The van der Waals surface area contributed by atoms with Crippen LogP contribution in [0, 0.1) is 0 Å². The van der Waals surface area contributed by atoms with Crippen molar-refractivity contribution in [1.29, 1.82) is 0 Å². The average Bonchev–Trinajstić information content (AvgIpc) is 2.57. The topological polar surface area (TPSA) is 29.5 Å². The molecule has 1 aliphatic rings. The van der Waals surface area contributed by atoms with Crippen molar-refractivity contribution in [3.05, 3.63) is 65.7 Å². The second-order valence-electron chi connectivity index (χ2n) is 5.61. The number of carbonyl (C=O) groups is 1. The van der Waals surface area contributed by atoms with Crippen molar-refractivity contribution in [1.82, 2.24) is 0 Å². The Morgan fingerprint density at radius 2 is 1.59 bits per heavy atom. The summed E-state index contributed by atoms with van der Waals surface area (Å²) in [5.74, 6) is 0.256. The lowest BCUT2D eigenvalue weighted by atomic mass is 10.0. The summed E-state index contributed by atoms with van der Waals surface area (Å²) in [7, 11) is 0. The Hall–Kier alpha value is -2.13. The molecule has 1 saturated heterocycles. The third-order valence-electron chi connectivity index (χ3n) is 3.98. The molecule has 0 radical (unpaired) electrons. The van der Waals surface area contributed by atoms with Gasteiger partial charge in [-0.15, -0.1) is 0 Å². The molecule has 0 aromatic heterocycles. The van der Waals surface area contributed by atoms with E-state index in [1.807, 2.05) is 42.5 Å². The van der Waals surface area contributed by atoms with E-state index in [1.165, 1.54) is 5.69 Å². The number of nitrogens with zero attached hydrogens (tertiary/aromatic N) is 1. The number of ketones is 1. The van der Waals surface area contributed by atoms with Crippen LogP contribution in [-0.4, -0.2) is 32.1 Å². The van der Waals surface area contributed by atoms with E-state index in [-0.39, 0.29) is 5.78 Å². The van der Waals surface area contributed by atoms with E-state index in [0.29, 0.717) is 12.8 Å². The van der Waals surface area contributed by atoms with Gasteiger partial charge in [0.05, 0.1) is 13.2 Å². The molecule has 2 aromatic rings. The van der Waals surface area contributed by atoms with Gasteiger partial charge < -0.3 is 9.64 Å². The van der Waals surface area contributed by atoms with Gasteiger partial charge in [-0.2, -0.15) is 0 Å². The molecule has 0 saturated carbocycles. The Morgan fingerprint density at radius 3 is 2.36 bits per heavy atom. The first kappa shape index (κ1) is 14.8. The number of carbonyl (C=O) groups excluding carboxylic acids is 1. The van der Waals surface area contributed by atoms with E-state index in [2.05, 4.69) is 17.0 Å². The van der Waals surface area contributed by atoms with E-state index in [0.717, 1.165) is 37.4 Å². The Bertz CT molecular complexity index is 618. The first-order chi connectivity index (χ1) is 10.8. The molecule has 3 rings (SSSR count). The van der Waals surface area contributed by atoms with Crippen LogP contribution in [0.3, 0.4) is 0 Å². The summed E-state index contributed by atoms with van der Waals surface area (Å²) in [6.07, 6.45) is 0.987. The molecule has 0 amide bonds. The van der Waals surface area contributed by atoms with Crippen molar-refractivity contribution < 1.29 is 9.53 Å². The smallest absolute Gasteiger partial charge is 0.141 e. The van der Waals surface area contributed by atoms with Crippen LogP contribution in [-0.2, 0) is 22.4 Å². The van der Waals surface area contributed by atoms with Crippen LogP contribution in [0.1, 0.15) is 11.1 Å². The van der Waals surface area contributed by atoms with E-state index >= 15 is 0 Å². The fraction of sp³-hybridized carbons (Fsp3) is 0.316. The Labute approximate surface area is 131 Å². The lowest BCUT2D eigenvalue weighted by molar-refractivity contribution is -0.117. The highest BCUT2D eigenvalue weighted by atomic mass is 16.5. The summed E-state index contributed by atoms with van der Waals surface area (Å²) < 4.78 is 5.41. The minimum Gasteiger partial charge on any atom is -0.378 e. The Morgan fingerprint density at radius 1 is 0.909 bits per heavy atom. The van der Waals surface area contributed by atoms with Gasteiger partial charge in [-0.25, -0.2) is 0 Å². The molecule has 0 bridgehead atoms. The molecule has 1 fully saturated rings. The predicted molar refractivity (Wildman–Crippen MR) is 88.3 cm³/mol. The zero-order valence-electron chi connectivity index (χ0n) is 12.7. The number of ether oxygens (including phenoxy) is 1. The van der Waals surface area contributed by atoms with E-state index in [9.17, 15) is 4.79 Å². The van der Waals surface area contributed by atoms with Crippen LogP contribution in [0.2, 0.25) is 0 Å². The summed E-state index contributed by atoms with van der Waals surface area (Å²) in [5.41, 5.74) is 3.37. The molecule has 114 valence electrons. The lowest BCUT2D eigenvalue weighted by Gasteiger charge is -2.30. The highest BCUT2D eigenvalue weighted by Crippen LogP contribution is 2.22. The van der Waals surface area contributed by atoms with Crippen molar-refractivity contribution in [2.75, 3.05) is 31.2 Å². The van der Waals surface area contributed by atoms with Gasteiger partial charge in [0.1, 0.15) is 5.78 Å². The summed E-state index contributed by atoms with van der Waals surface area (Å²) in [4.78, 5) is 14.7. The third-order valence-corrected chi connectivity index (χ3v) is 3.98. The van der Waals surface area contributed by atoms with Gasteiger partial charge in [0.2, 0.25) is 0 Å². The zero-order chi connectivity index (χ0) is 15.2. The van der Waals surface area contributed by atoms with Crippen LogP contribution >= 0.6 is 0 Å². The number of para-hydroxylation sites is 1. The van der Waals surface area contributed by atoms with Crippen molar-refractivity contribution in [3.63, 3.8) is 0 Å². The van der Waals surface area contributed by atoms with Crippen molar-refractivity contribution >= 4 is 11.5 Å². The van der Waals surface area contributed by atoms with Gasteiger partial charge in [0.15, 0.2) is 0 Å². The lowest BCUT2D eigenvalue weighted by Crippen LogP contribution is -2.36. The maximum absolute atomic E-state index is 12.4. The predicted octanol–water partition coefficient (Wildman–Crippen LogP) is 2.88. The number of hydrogen-bond acceptors (Lipinski definition) is 3. The fourth-order valence-electron chi connectivity index (χ4n) is 2.87. The van der Waals surface area contributed by atoms with E-state index < -0.39 is 0 Å². The Balaban J connectivity index is 1.70. The second kappa shape index (κ2) is 7.23. The highest BCUT2D eigenvalue weighted by Gasteiger charge is 2.16. The quantitative estimate of drug-likeness (QED) is 0.849. The van der Waals surface area contributed by atoms with E-state index in [4.69, 9.17) is 4.74 Å². The molecular weight excluding hydrogens is 274 g/mol. The summed E-state index contributed by atoms with van der Waals surface area (Å²) in [6, 6.07) is 18.2. The van der Waals surface area contributed by atoms with Gasteiger partial charge in [0, 0.05) is 31.6 Å². The summed E-state index contributed by atoms with van der Waals surface area (Å²) in [6.45, 7) is 3.30. The molecule has 1 aliphatic heterocycles. The molecule has 3 heteroatoms. The summed E-state index contributed by atoms with van der Waals surface area (Å²) >= 11 is 0. The number of Topliss-reactive ketones (excluding diaryl/α,β-unsaturated/α-hetero) is 1. The van der Waals surface area contributed by atoms with Crippen LogP contribution in [0.25, 0.3) is 0 Å². The maximum atomic E-state index is 12.4. The van der Waals surface area contributed by atoms with Crippen molar-refractivity contribution in [2.24, 2.45) is 0 Å². The maximum Gasteiger partial charge on any atom is 0.141 e. The van der Waals surface area contributed by atoms with Gasteiger partial charge in [-0.1, -0.05) is 48.5 Å². The monoisotopic (exact) mass is 295 g/mol. The first-order valence-corrected chi connectivity index (χ1v) is 7.79. The van der Waals surface area contributed by atoms with Crippen molar-refractivity contribution in [3.8, 4) is 0 Å². The molecule has 0 N–H and O–H groups in total. The van der Waals surface area contributed by atoms with Gasteiger partial charge >= 0.3 is 0 Å². The number of anilines is 1.